The van der Waals surface area contributed by atoms with Crippen molar-refractivity contribution in [3.05, 3.63) is 47.7 Å². The molecule has 20 heavy (non-hydrogen) atoms. The number of benzene rings is 1. The Balaban J connectivity index is 2.08. The predicted molar refractivity (Wildman–Crippen MR) is 86.5 cm³/mol. The number of fused-ring (bicyclic) bond motifs is 1. The highest BCUT2D eigenvalue weighted by Crippen LogP contribution is 2.33. The minimum absolute atomic E-state index is 0.639. The third-order valence-electron chi connectivity index (χ3n) is 4.25. The minimum Gasteiger partial charge on any atom is -0.378 e. The Morgan fingerprint density at radius 3 is 2.70 bits per heavy atom. The van der Waals surface area contributed by atoms with Crippen molar-refractivity contribution in [3.63, 3.8) is 0 Å². The summed E-state index contributed by atoms with van der Waals surface area (Å²) in [6, 6.07) is 8.86. The molecule has 1 aliphatic rings. The fourth-order valence-corrected chi connectivity index (χ4v) is 3.04. The van der Waals surface area contributed by atoms with Gasteiger partial charge < -0.3 is 4.90 Å². The van der Waals surface area contributed by atoms with Crippen LogP contribution in [0.1, 0.15) is 36.4 Å². The van der Waals surface area contributed by atoms with Crippen molar-refractivity contribution in [2.24, 2.45) is 0 Å². The zero-order valence-electron chi connectivity index (χ0n) is 12.6. The third-order valence-corrected chi connectivity index (χ3v) is 4.25. The number of pyridine rings is 1. The molecule has 0 N–H and O–H groups in total. The zero-order valence-corrected chi connectivity index (χ0v) is 12.6. The molecule has 0 amide bonds. The molecule has 0 spiro atoms. The number of hydrogen-bond acceptors (Lipinski definition) is 2. The largest absolute Gasteiger partial charge is 0.378 e. The number of hydrogen-bond donors (Lipinski definition) is 0. The van der Waals surface area contributed by atoms with Crippen LogP contribution < -0.4 is 4.90 Å². The van der Waals surface area contributed by atoms with Crippen molar-refractivity contribution in [1.82, 2.24) is 4.98 Å². The van der Waals surface area contributed by atoms with Gasteiger partial charge in [-0.15, -0.1) is 0 Å². The lowest BCUT2D eigenvalue weighted by atomic mass is 9.86. The zero-order chi connectivity index (χ0) is 14.1. The molecule has 2 heteroatoms. The van der Waals surface area contributed by atoms with E-state index in [1.54, 1.807) is 0 Å². The van der Waals surface area contributed by atoms with Crippen molar-refractivity contribution in [2.75, 3.05) is 19.0 Å². The molecular weight excluding hydrogens is 244 g/mol. The van der Waals surface area contributed by atoms with E-state index in [4.69, 9.17) is 4.98 Å². The number of anilines is 1. The van der Waals surface area contributed by atoms with Gasteiger partial charge in [0.05, 0.1) is 5.52 Å². The maximum Gasteiger partial charge on any atom is 0.0706 e. The summed E-state index contributed by atoms with van der Waals surface area (Å²) in [6.45, 7) is 2.15. The minimum atomic E-state index is 0.639. The Bertz CT molecular complexity index is 656. The Hall–Kier alpha value is -1.83. The Labute approximate surface area is 121 Å². The van der Waals surface area contributed by atoms with Gasteiger partial charge in [-0.05, 0) is 61.9 Å². The molecule has 2 aromatic rings. The van der Waals surface area contributed by atoms with Crippen LogP contribution in [-0.2, 0) is 0 Å². The van der Waals surface area contributed by atoms with E-state index in [2.05, 4.69) is 62.3 Å². The van der Waals surface area contributed by atoms with Gasteiger partial charge in [0.1, 0.15) is 0 Å². The standard InChI is InChI=1S/C18H22N2/c1-13-17(14-7-5-4-6-8-14)12-15-11-16(20(2)3)9-10-18(15)19-13/h4-5,9-12,14H,6-8H2,1-3H3. The van der Waals surface area contributed by atoms with Gasteiger partial charge in [0.25, 0.3) is 0 Å². The number of aryl methyl sites for hydroxylation is 1. The number of aromatic nitrogens is 1. The van der Waals surface area contributed by atoms with E-state index in [9.17, 15) is 0 Å². The summed E-state index contributed by atoms with van der Waals surface area (Å²) >= 11 is 0. The van der Waals surface area contributed by atoms with Gasteiger partial charge in [-0.25, -0.2) is 0 Å². The summed E-state index contributed by atoms with van der Waals surface area (Å²) in [5, 5.41) is 1.26. The molecule has 0 fully saturated rings. The molecule has 1 unspecified atom stereocenters. The highest BCUT2D eigenvalue weighted by atomic mass is 15.1. The van der Waals surface area contributed by atoms with Gasteiger partial charge in [-0.2, -0.15) is 0 Å². The fourth-order valence-electron chi connectivity index (χ4n) is 3.04. The van der Waals surface area contributed by atoms with Crippen LogP contribution in [0.15, 0.2) is 36.4 Å². The van der Waals surface area contributed by atoms with E-state index >= 15 is 0 Å². The van der Waals surface area contributed by atoms with Gasteiger partial charge in [0.15, 0.2) is 0 Å². The normalized spacial score (nSPS) is 18.4. The van der Waals surface area contributed by atoms with Gasteiger partial charge in [0, 0.05) is 30.9 Å². The lowest BCUT2D eigenvalue weighted by Gasteiger charge is -2.21. The topological polar surface area (TPSA) is 16.1 Å². The van der Waals surface area contributed by atoms with Crippen molar-refractivity contribution in [1.29, 1.82) is 0 Å². The van der Waals surface area contributed by atoms with Gasteiger partial charge in [-0.1, -0.05) is 12.2 Å². The van der Waals surface area contributed by atoms with E-state index in [-0.39, 0.29) is 0 Å². The number of rotatable bonds is 2. The molecule has 3 rings (SSSR count). The smallest absolute Gasteiger partial charge is 0.0706 e. The van der Waals surface area contributed by atoms with Crippen LogP contribution in [-0.4, -0.2) is 19.1 Å². The van der Waals surface area contributed by atoms with Crippen LogP contribution >= 0.6 is 0 Å². The average Bonchev–Trinajstić information content (AvgIpc) is 2.47. The summed E-state index contributed by atoms with van der Waals surface area (Å²) in [5.41, 5.74) is 4.95. The molecule has 0 radical (unpaired) electrons. The van der Waals surface area contributed by atoms with Crippen LogP contribution in [0.5, 0.6) is 0 Å². The molecule has 1 atom stereocenters. The number of nitrogens with zero attached hydrogens (tertiary/aromatic N) is 2. The van der Waals surface area contributed by atoms with Crippen LogP contribution in [0.4, 0.5) is 5.69 Å². The molecule has 0 saturated heterocycles. The first-order chi connectivity index (χ1) is 9.65. The molecule has 0 saturated carbocycles. The monoisotopic (exact) mass is 266 g/mol. The summed E-state index contributed by atoms with van der Waals surface area (Å²) in [6.07, 6.45) is 8.21. The van der Waals surface area contributed by atoms with Crippen LogP contribution in [0.25, 0.3) is 10.9 Å². The second kappa shape index (κ2) is 5.28. The number of allylic oxidation sites excluding steroid dienone is 2. The highest BCUT2D eigenvalue weighted by Gasteiger charge is 2.16. The lowest BCUT2D eigenvalue weighted by molar-refractivity contribution is 0.612. The fraction of sp³-hybridized carbons (Fsp3) is 0.389. The summed E-state index contributed by atoms with van der Waals surface area (Å²) in [7, 11) is 4.16. The van der Waals surface area contributed by atoms with Gasteiger partial charge in [-0.3, -0.25) is 4.98 Å². The summed E-state index contributed by atoms with van der Waals surface area (Å²) < 4.78 is 0. The Kier molecular flexibility index (Phi) is 3.47. The summed E-state index contributed by atoms with van der Waals surface area (Å²) in [4.78, 5) is 6.95. The average molecular weight is 266 g/mol. The van der Waals surface area contributed by atoms with Crippen LogP contribution in [0.2, 0.25) is 0 Å². The molecule has 1 heterocycles. The summed E-state index contributed by atoms with van der Waals surface area (Å²) in [5.74, 6) is 0.639. The second-order valence-corrected chi connectivity index (χ2v) is 5.92. The van der Waals surface area contributed by atoms with Crippen molar-refractivity contribution < 1.29 is 0 Å². The van der Waals surface area contributed by atoms with E-state index in [1.165, 1.54) is 35.2 Å². The van der Waals surface area contributed by atoms with Crippen LogP contribution in [0.3, 0.4) is 0 Å². The molecule has 0 bridgehead atoms. The lowest BCUT2D eigenvalue weighted by Crippen LogP contribution is -2.08. The molecule has 104 valence electrons. The molecule has 2 nitrogen and oxygen atoms in total. The molecule has 0 aliphatic heterocycles. The first-order valence-electron chi connectivity index (χ1n) is 7.39. The van der Waals surface area contributed by atoms with E-state index in [0.717, 1.165) is 11.9 Å². The molecule has 1 aromatic heterocycles. The maximum absolute atomic E-state index is 4.81. The first kappa shape index (κ1) is 13.2. The first-order valence-corrected chi connectivity index (χ1v) is 7.39. The van der Waals surface area contributed by atoms with Crippen LogP contribution in [0, 0.1) is 6.92 Å². The van der Waals surface area contributed by atoms with Crippen molar-refractivity contribution >= 4 is 16.6 Å². The van der Waals surface area contributed by atoms with Crippen molar-refractivity contribution in [2.45, 2.75) is 32.1 Å². The van der Waals surface area contributed by atoms with Gasteiger partial charge in [0.2, 0.25) is 0 Å². The van der Waals surface area contributed by atoms with Gasteiger partial charge >= 0.3 is 0 Å². The van der Waals surface area contributed by atoms with E-state index < -0.39 is 0 Å². The quantitative estimate of drug-likeness (QED) is 0.747. The molecule has 1 aromatic carbocycles. The second-order valence-electron chi connectivity index (χ2n) is 5.92. The highest BCUT2D eigenvalue weighted by molar-refractivity contribution is 5.83. The Morgan fingerprint density at radius 2 is 2.00 bits per heavy atom. The molecular formula is C18H22N2. The van der Waals surface area contributed by atoms with E-state index in [0.29, 0.717) is 5.92 Å². The van der Waals surface area contributed by atoms with Crippen molar-refractivity contribution in [3.8, 4) is 0 Å². The Morgan fingerprint density at radius 1 is 1.15 bits per heavy atom. The maximum atomic E-state index is 4.81. The third kappa shape index (κ3) is 2.43. The SMILES string of the molecule is Cc1nc2ccc(N(C)C)cc2cc1C1CC=CCC1. The predicted octanol–water partition coefficient (Wildman–Crippen LogP) is 4.43. The van der Waals surface area contributed by atoms with E-state index in [1.807, 2.05) is 0 Å². The molecule has 1 aliphatic carbocycles.